The molecular weight excluding hydrogens is 300 g/mol. The Morgan fingerprint density at radius 1 is 1.12 bits per heavy atom. The Labute approximate surface area is 142 Å². The highest BCUT2D eigenvalue weighted by Gasteiger charge is 2.36. The molecule has 0 fully saturated rings. The number of nitrogens with zero attached hydrogens (tertiary/aromatic N) is 1. The van der Waals surface area contributed by atoms with Gasteiger partial charge in [-0.05, 0) is 23.1 Å². The van der Waals surface area contributed by atoms with Gasteiger partial charge in [0, 0.05) is 13.1 Å². The van der Waals surface area contributed by atoms with E-state index in [1.54, 1.807) is 4.90 Å². The largest absolute Gasteiger partial charge is 0.354 e. The van der Waals surface area contributed by atoms with Gasteiger partial charge in [0.15, 0.2) is 0 Å². The minimum Gasteiger partial charge on any atom is -0.354 e. The summed E-state index contributed by atoms with van der Waals surface area (Å²) in [5.41, 5.74) is 2.91. The Kier molecular flexibility index (Phi) is 4.94. The predicted octanol–water partition coefficient (Wildman–Crippen LogP) is 2.84. The standard InChI is InChI=1S/C20H22N2O2/c1-2-12-21-20(24)19-17-11-7-6-10-16(17)13-18(23)22(19)14-15-8-4-3-5-9-15/h3-11,19H,2,12-14H2,1H3,(H,21,24)/t19-/m0/s1. The van der Waals surface area contributed by atoms with Crippen molar-refractivity contribution in [2.45, 2.75) is 32.4 Å². The van der Waals surface area contributed by atoms with Crippen LogP contribution in [0.5, 0.6) is 0 Å². The molecule has 3 rings (SSSR count). The average Bonchev–Trinajstić information content (AvgIpc) is 2.61. The molecule has 124 valence electrons. The van der Waals surface area contributed by atoms with Gasteiger partial charge in [-0.2, -0.15) is 0 Å². The van der Waals surface area contributed by atoms with Crippen LogP contribution >= 0.6 is 0 Å². The lowest BCUT2D eigenvalue weighted by Crippen LogP contribution is -2.47. The van der Waals surface area contributed by atoms with E-state index in [0.717, 1.165) is 23.1 Å². The molecule has 0 saturated carbocycles. The first kappa shape index (κ1) is 16.2. The summed E-state index contributed by atoms with van der Waals surface area (Å²) in [6.07, 6.45) is 1.22. The third-order valence-electron chi connectivity index (χ3n) is 4.32. The van der Waals surface area contributed by atoms with E-state index in [0.29, 0.717) is 19.5 Å². The highest BCUT2D eigenvalue weighted by Crippen LogP contribution is 2.31. The van der Waals surface area contributed by atoms with Crippen LogP contribution in [0.1, 0.15) is 36.1 Å². The molecule has 0 unspecified atom stereocenters. The second-order valence-corrected chi connectivity index (χ2v) is 6.08. The van der Waals surface area contributed by atoms with Crippen molar-refractivity contribution in [3.63, 3.8) is 0 Å². The summed E-state index contributed by atoms with van der Waals surface area (Å²) < 4.78 is 0. The lowest BCUT2D eigenvalue weighted by molar-refractivity contribution is -0.142. The molecule has 2 aromatic carbocycles. The number of carbonyl (C=O) groups is 2. The fraction of sp³-hybridized carbons (Fsp3) is 0.300. The van der Waals surface area contributed by atoms with E-state index in [4.69, 9.17) is 0 Å². The molecule has 0 aliphatic carbocycles. The minimum absolute atomic E-state index is 0.00537. The van der Waals surface area contributed by atoms with E-state index in [1.807, 2.05) is 61.5 Å². The Hall–Kier alpha value is -2.62. The number of benzene rings is 2. The maximum atomic E-state index is 12.8. The molecule has 2 amide bonds. The monoisotopic (exact) mass is 322 g/mol. The average molecular weight is 322 g/mol. The van der Waals surface area contributed by atoms with Crippen LogP contribution < -0.4 is 5.32 Å². The summed E-state index contributed by atoms with van der Waals surface area (Å²) in [7, 11) is 0. The van der Waals surface area contributed by atoms with Gasteiger partial charge in [0.05, 0.1) is 6.42 Å². The van der Waals surface area contributed by atoms with Gasteiger partial charge in [0.25, 0.3) is 0 Å². The number of hydrogen-bond acceptors (Lipinski definition) is 2. The zero-order chi connectivity index (χ0) is 16.9. The first-order chi connectivity index (χ1) is 11.7. The summed E-state index contributed by atoms with van der Waals surface area (Å²) in [5.74, 6) is -0.109. The molecule has 4 nitrogen and oxygen atoms in total. The van der Waals surface area contributed by atoms with E-state index >= 15 is 0 Å². The summed E-state index contributed by atoms with van der Waals surface area (Å²) in [6, 6.07) is 17.0. The molecule has 0 aromatic heterocycles. The highest BCUT2D eigenvalue weighted by atomic mass is 16.2. The van der Waals surface area contributed by atoms with Crippen molar-refractivity contribution in [2.24, 2.45) is 0 Å². The van der Waals surface area contributed by atoms with Crippen molar-refractivity contribution >= 4 is 11.8 Å². The quantitative estimate of drug-likeness (QED) is 0.920. The smallest absolute Gasteiger partial charge is 0.247 e. The van der Waals surface area contributed by atoms with Crippen molar-refractivity contribution in [3.8, 4) is 0 Å². The molecule has 1 N–H and O–H groups in total. The van der Waals surface area contributed by atoms with Crippen LogP contribution in [0.4, 0.5) is 0 Å². The Morgan fingerprint density at radius 3 is 2.58 bits per heavy atom. The van der Waals surface area contributed by atoms with Gasteiger partial charge in [-0.3, -0.25) is 9.59 Å². The summed E-state index contributed by atoms with van der Waals surface area (Å²) >= 11 is 0. The first-order valence-corrected chi connectivity index (χ1v) is 8.39. The van der Waals surface area contributed by atoms with Crippen molar-refractivity contribution in [3.05, 3.63) is 71.3 Å². The third-order valence-corrected chi connectivity index (χ3v) is 4.32. The van der Waals surface area contributed by atoms with Crippen LogP contribution in [0.2, 0.25) is 0 Å². The Bertz CT molecular complexity index is 727. The lowest BCUT2D eigenvalue weighted by atomic mass is 9.91. The molecule has 1 aliphatic rings. The Balaban J connectivity index is 1.95. The number of nitrogens with one attached hydrogen (secondary N) is 1. The molecule has 2 aromatic rings. The fourth-order valence-electron chi connectivity index (χ4n) is 3.13. The van der Waals surface area contributed by atoms with Gasteiger partial charge in [-0.1, -0.05) is 61.5 Å². The number of carbonyl (C=O) groups excluding carboxylic acids is 2. The van der Waals surface area contributed by atoms with Crippen LogP contribution in [0, 0.1) is 0 Å². The lowest BCUT2D eigenvalue weighted by Gasteiger charge is -2.36. The van der Waals surface area contributed by atoms with Crippen molar-refractivity contribution in [1.29, 1.82) is 0 Å². The maximum Gasteiger partial charge on any atom is 0.247 e. The minimum atomic E-state index is -0.561. The topological polar surface area (TPSA) is 49.4 Å². The second kappa shape index (κ2) is 7.30. The zero-order valence-electron chi connectivity index (χ0n) is 13.9. The van der Waals surface area contributed by atoms with Gasteiger partial charge in [-0.15, -0.1) is 0 Å². The number of rotatable bonds is 5. The Morgan fingerprint density at radius 2 is 1.83 bits per heavy atom. The molecule has 24 heavy (non-hydrogen) atoms. The summed E-state index contributed by atoms with van der Waals surface area (Å²) in [4.78, 5) is 27.2. The van der Waals surface area contributed by atoms with E-state index in [1.165, 1.54) is 0 Å². The predicted molar refractivity (Wildman–Crippen MR) is 93.2 cm³/mol. The van der Waals surface area contributed by atoms with Crippen molar-refractivity contribution < 1.29 is 9.59 Å². The SMILES string of the molecule is CCCNC(=O)[C@@H]1c2ccccc2CC(=O)N1Cc1ccccc1. The van der Waals surface area contributed by atoms with Crippen LogP contribution in [0.3, 0.4) is 0 Å². The molecule has 4 heteroatoms. The van der Waals surface area contributed by atoms with Gasteiger partial charge >= 0.3 is 0 Å². The molecule has 1 aliphatic heterocycles. The number of fused-ring (bicyclic) bond motifs is 1. The summed E-state index contributed by atoms with van der Waals surface area (Å²) in [5, 5.41) is 2.95. The van der Waals surface area contributed by atoms with E-state index in [9.17, 15) is 9.59 Å². The van der Waals surface area contributed by atoms with Crippen LogP contribution in [0.25, 0.3) is 0 Å². The normalized spacial score (nSPS) is 16.6. The molecular formula is C20H22N2O2. The molecule has 0 spiro atoms. The molecule has 0 saturated heterocycles. The van der Waals surface area contributed by atoms with Crippen molar-refractivity contribution in [1.82, 2.24) is 10.2 Å². The van der Waals surface area contributed by atoms with E-state index < -0.39 is 6.04 Å². The van der Waals surface area contributed by atoms with E-state index in [-0.39, 0.29) is 11.8 Å². The molecule has 0 bridgehead atoms. The van der Waals surface area contributed by atoms with Gasteiger partial charge in [0.2, 0.25) is 11.8 Å². The second-order valence-electron chi connectivity index (χ2n) is 6.08. The molecule has 1 atom stereocenters. The molecule has 1 heterocycles. The van der Waals surface area contributed by atoms with Crippen LogP contribution in [-0.2, 0) is 22.6 Å². The van der Waals surface area contributed by atoms with Gasteiger partial charge in [-0.25, -0.2) is 0 Å². The zero-order valence-corrected chi connectivity index (χ0v) is 13.9. The summed E-state index contributed by atoms with van der Waals surface area (Å²) in [6.45, 7) is 3.07. The van der Waals surface area contributed by atoms with Gasteiger partial charge < -0.3 is 10.2 Å². The number of hydrogen-bond donors (Lipinski definition) is 1. The van der Waals surface area contributed by atoms with Crippen LogP contribution in [-0.4, -0.2) is 23.3 Å². The third kappa shape index (κ3) is 3.32. The maximum absolute atomic E-state index is 12.8. The first-order valence-electron chi connectivity index (χ1n) is 8.39. The molecule has 0 radical (unpaired) electrons. The van der Waals surface area contributed by atoms with E-state index in [2.05, 4.69) is 5.32 Å². The highest BCUT2D eigenvalue weighted by molar-refractivity contribution is 5.92. The van der Waals surface area contributed by atoms with Gasteiger partial charge in [0.1, 0.15) is 6.04 Å². The van der Waals surface area contributed by atoms with Crippen LogP contribution in [0.15, 0.2) is 54.6 Å². The fourth-order valence-corrected chi connectivity index (χ4v) is 3.13. The number of amides is 2. The van der Waals surface area contributed by atoms with Crippen molar-refractivity contribution in [2.75, 3.05) is 6.54 Å².